The van der Waals surface area contributed by atoms with Gasteiger partial charge >= 0.3 is 5.97 Å². The molecule has 1 aliphatic heterocycles. The van der Waals surface area contributed by atoms with Gasteiger partial charge in [-0.25, -0.2) is 4.79 Å². The largest absolute Gasteiger partial charge is 0.496 e. The van der Waals surface area contributed by atoms with Gasteiger partial charge in [0.1, 0.15) is 5.75 Å². The third-order valence-electron chi connectivity index (χ3n) is 3.29. The van der Waals surface area contributed by atoms with E-state index in [1.807, 2.05) is 32.0 Å². The number of methoxy groups -OCH3 is 1. The van der Waals surface area contributed by atoms with E-state index in [-0.39, 0.29) is 6.10 Å². The average molecular weight is 292 g/mol. The van der Waals surface area contributed by atoms with Gasteiger partial charge in [-0.1, -0.05) is 12.1 Å². The van der Waals surface area contributed by atoms with Crippen molar-refractivity contribution in [2.75, 3.05) is 13.7 Å². The Morgan fingerprint density at radius 3 is 2.86 bits per heavy atom. The predicted molar refractivity (Wildman–Crippen MR) is 78.3 cm³/mol. The van der Waals surface area contributed by atoms with Crippen LogP contribution in [0.4, 0.5) is 0 Å². The first-order chi connectivity index (χ1) is 9.91. The minimum absolute atomic E-state index is 0.0757. The van der Waals surface area contributed by atoms with E-state index < -0.39 is 11.8 Å². The van der Waals surface area contributed by atoms with Crippen LogP contribution in [-0.4, -0.2) is 36.7 Å². The Hall–Kier alpha value is -1.85. The van der Waals surface area contributed by atoms with Crippen LogP contribution in [0.1, 0.15) is 25.0 Å². The fourth-order valence-corrected chi connectivity index (χ4v) is 2.40. The van der Waals surface area contributed by atoms with E-state index in [9.17, 15) is 4.79 Å². The monoisotopic (exact) mass is 292 g/mol. The molecule has 1 saturated heterocycles. The zero-order valence-corrected chi connectivity index (χ0v) is 12.5. The summed E-state index contributed by atoms with van der Waals surface area (Å²) < 4.78 is 16.8. The lowest BCUT2D eigenvalue weighted by Crippen LogP contribution is -2.22. The maximum absolute atomic E-state index is 10.7. The summed E-state index contributed by atoms with van der Waals surface area (Å²) in [6.45, 7) is 4.26. The van der Waals surface area contributed by atoms with Gasteiger partial charge in [0.05, 0.1) is 19.8 Å². The average Bonchev–Trinajstić information content (AvgIpc) is 2.76. The number of benzene rings is 1. The SMILES string of the molecule is COc1cccc(C=CC(=O)O)c1CC1COC(C)(C)O1. The van der Waals surface area contributed by atoms with Gasteiger partial charge in [0.2, 0.25) is 0 Å². The van der Waals surface area contributed by atoms with E-state index in [4.69, 9.17) is 19.3 Å². The summed E-state index contributed by atoms with van der Waals surface area (Å²) in [5, 5.41) is 8.78. The topological polar surface area (TPSA) is 65.0 Å². The van der Waals surface area contributed by atoms with Gasteiger partial charge in [-0.2, -0.15) is 0 Å². The van der Waals surface area contributed by atoms with Crippen LogP contribution in [0.15, 0.2) is 24.3 Å². The van der Waals surface area contributed by atoms with Crippen LogP contribution in [0, 0.1) is 0 Å². The van der Waals surface area contributed by atoms with Crippen molar-refractivity contribution in [2.45, 2.75) is 32.2 Å². The molecule has 1 fully saturated rings. The molecule has 1 aromatic carbocycles. The van der Waals surface area contributed by atoms with E-state index >= 15 is 0 Å². The van der Waals surface area contributed by atoms with E-state index in [1.54, 1.807) is 13.2 Å². The molecule has 5 heteroatoms. The van der Waals surface area contributed by atoms with Gasteiger partial charge in [-0.05, 0) is 31.6 Å². The third-order valence-corrected chi connectivity index (χ3v) is 3.29. The fraction of sp³-hybridized carbons (Fsp3) is 0.438. The number of hydrogen-bond acceptors (Lipinski definition) is 4. The number of rotatable bonds is 5. The van der Waals surface area contributed by atoms with Crippen LogP contribution in [0.25, 0.3) is 6.08 Å². The molecular weight excluding hydrogens is 272 g/mol. The molecule has 1 atom stereocenters. The van der Waals surface area contributed by atoms with Crippen LogP contribution in [0.3, 0.4) is 0 Å². The van der Waals surface area contributed by atoms with E-state index in [2.05, 4.69) is 0 Å². The molecule has 0 saturated carbocycles. The van der Waals surface area contributed by atoms with Crippen LogP contribution in [0.2, 0.25) is 0 Å². The molecule has 1 unspecified atom stereocenters. The summed E-state index contributed by atoms with van der Waals surface area (Å²) in [6.07, 6.45) is 3.22. The maximum Gasteiger partial charge on any atom is 0.328 e. The number of aliphatic carboxylic acids is 1. The maximum atomic E-state index is 10.7. The predicted octanol–water partition coefficient (Wildman–Crippen LogP) is 2.49. The highest BCUT2D eigenvalue weighted by atomic mass is 16.7. The van der Waals surface area contributed by atoms with E-state index in [0.29, 0.717) is 13.0 Å². The van der Waals surface area contributed by atoms with Gasteiger partial charge in [0.25, 0.3) is 0 Å². The molecule has 1 heterocycles. The Bertz CT molecular complexity index is 548. The third kappa shape index (κ3) is 4.06. The Labute approximate surface area is 124 Å². The van der Waals surface area contributed by atoms with Crippen molar-refractivity contribution in [1.29, 1.82) is 0 Å². The number of ether oxygens (including phenoxy) is 3. The van der Waals surface area contributed by atoms with E-state index in [0.717, 1.165) is 23.0 Å². The molecule has 0 bridgehead atoms. The second-order valence-corrected chi connectivity index (χ2v) is 5.35. The molecule has 1 aliphatic rings. The molecular formula is C16H20O5. The van der Waals surface area contributed by atoms with Crippen LogP contribution in [0.5, 0.6) is 5.75 Å². The molecule has 0 aliphatic carbocycles. The Morgan fingerprint density at radius 1 is 1.52 bits per heavy atom. The first kappa shape index (κ1) is 15.5. The minimum atomic E-state index is -0.981. The smallest absolute Gasteiger partial charge is 0.328 e. The van der Waals surface area contributed by atoms with Gasteiger partial charge in [0, 0.05) is 18.1 Å². The number of carbonyl (C=O) groups is 1. The first-order valence-corrected chi connectivity index (χ1v) is 6.80. The molecule has 5 nitrogen and oxygen atoms in total. The molecule has 2 rings (SSSR count). The minimum Gasteiger partial charge on any atom is -0.496 e. The molecule has 1 N–H and O–H groups in total. The molecule has 1 aromatic rings. The summed E-state index contributed by atoms with van der Waals surface area (Å²) in [6, 6.07) is 5.55. The lowest BCUT2D eigenvalue weighted by atomic mass is 10.00. The second kappa shape index (κ2) is 6.28. The molecule has 0 spiro atoms. The second-order valence-electron chi connectivity index (χ2n) is 5.35. The fourth-order valence-electron chi connectivity index (χ4n) is 2.40. The normalized spacial score (nSPS) is 20.8. The van der Waals surface area contributed by atoms with Crippen LogP contribution >= 0.6 is 0 Å². The van der Waals surface area contributed by atoms with Crippen molar-refractivity contribution >= 4 is 12.0 Å². The number of carboxylic acids is 1. The summed E-state index contributed by atoms with van der Waals surface area (Å²) in [5.41, 5.74) is 1.73. The van der Waals surface area contributed by atoms with Crippen LogP contribution in [-0.2, 0) is 20.7 Å². The summed E-state index contributed by atoms with van der Waals surface area (Å²) >= 11 is 0. The highest BCUT2D eigenvalue weighted by molar-refractivity contribution is 5.85. The lowest BCUT2D eigenvalue weighted by molar-refractivity contribution is -0.138. The molecule has 0 radical (unpaired) electrons. The molecule has 0 aromatic heterocycles. The lowest BCUT2D eigenvalue weighted by Gasteiger charge is -2.18. The quantitative estimate of drug-likeness (QED) is 0.845. The molecule has 21 heavy (non-hydrogen) atoms. The zero-order chi connectivity index (χ0) is 15.5. The Balaban J connectivity index is 2.25. The van der Waals surface area contributed by atoms with Gasteiger partial charge in [-0.3, -0.25) is 0 Å². The molecule has 0 amide bonds. The van der Waals surface area contributed by atoms with Crippen molar-refractivity contribution in [3.8, 4) is 5.75 Å². The zero-order valence-electron chi connectivity index (χ0n) is 12.5. The summed E-state index contributed by atoms with van der Waals surface area (Å²) in [7, 11) is 1.60. The summed E-state index contributed by atoms with van der Waals surface area (Å²) in [5.74, 6) is -0.842. The highest BCUT2D eigenvalue weighted by Gasteiger charge is 2.33. The summed E-state index contributed by atoms with van der Waals surface area (Å²) in [4.78, 5) is 10.7. The Morgan fingerprint density at radius 2 is 2.29 bits per heavy atom. The van der Waals surface area contributed by atoms with Gasteiger partial charge in [0.15, 0.2) is 5.79 Å². The highest BCUT2D eigenvalue weighted by Crippen LogP contribution is 2.30. The van der Waals surface area contributed by atoms with Crippen molar-refractivity contribution in [3.05, 3.63) is 35.4 Å². The molecule has 114 valence electrons. The first-order valence-electron chi connectivity index (χ1n) is 6.80. The number of hydrogen-bond donors (Lipinski definition) is 1. The van der Waals surface area contributed by atoms with E-state index in [1.165, 1.54) is 0 Å². The van der Waals surface area contributed by atoms with Crippen molar-refractivity contribution < 1.29 is 24.1 Å². The van der Waals surface area contributed by atoms with Crippen molar-refractivity contribution in [1.82, 2.24) is 0 Å². The van der Waals surface area contributed by atoms with Crippen LogP contribution < -0.4 is 4.74 Å². The number of carboxylic acid groups (broad SMARTS) is 1. The van der Waals surface area contributed by atoms with Crippen molar-refractivity contribution in [3.63, 3.8) is 0 Å². The van der Waals surface area contributed by atoms with Gasteiger partial charge < -0.3 is 19.3 Å². The Kier molecular flexibility index (Phi) is 4.65. The van der Waals surface area contributed by atoms with Crippen molar-refractivity contribution in [2.24, 2.45) is 0 Å². The standard InChI is InChI=1S/C16H20O5/c1-16(2)20-10-12(21-16)9-13-11(7-8-15(17)18)5-4-6-14(13)19-3/h4-8,12H,9-10H2,1-3H3,(H,17,18). The van der Waals surface area contributed by atoms with Gasteiger partial charge in [-0.15, -0.1) is 0 Å².